The van der Waals surface area contributed by atoms with Crippen LogP contribution in [0.3, 0.4) is 0 Å². The van der Waals surface area contributed by atoms with E-state index in [1.54, 1.807) is 29.2 Å². The summed E-state index contributed by atoms with van der Waals surface area (Å²) >= 11 is 0. The van der Waals surface area contributed by atoms with Crippen molar-refractivity contribution in [2.75, 3.05) is 16.3 Å². The monoisotopic (exact) mass is 446 g/mol. The maximum absolute atomic E-state index is 12.9. The average molecular weight is 447 g/mol. The molecule has 0 N–H and O–H groups in total. The molecule has 3 amide bonds. The quantitative estimate of drug-likeness (QED) is 0.407. The molecule has 170 valence electrons. The first-order chi connectivity index (χ1) is 15.9. The zero-order valence-electron chi connectivity index (χ0n) is 18.5. The number of carbonyl (C=O) groups is 4. The number of hydrogen-bond donors (Lipinski definition) is 0. The summed E-state index contributed by atoms with van der Waals surface area (Å²) in [6, 6.07) is 15.7. The van der Waals surface area contributed by atoms with E-state index in [2.05, 4.69) is 6.92 Å². The topological polar surface area (TPSA) is 84.0 Å². The van der Waals surface area contributed by atoms with E-state index < -0.39 is 11.9 Å². The van der Waals surface area contributed by atoms with Crippen molar-refractivity contribution in [3.63, 3.8) is 0 Å². The Balaban J connectivity index is 1.24. The second kappa shape index (κ2) is 8.46. The van der Waals surface area contributed by atoms with Gasteiger partial charge in [-0.25, -0.2) is 0 Å². The largest absolute Gasteiger partial charge is 0.426 e. The van der Waals surface area contributed by atoms with E-state index in [0.29, 0.717) is 17.4 Å². The Kier molecular flexibility index (Phi) is 5.48. The molecule has 2 heterocycles. The van der Waals surface area contributed by atoms with E-state index >= 15 is 0 Å². The highest BCUT2D eigenvalue weighted by Gasteiger charge is 2.50. The van der Waals surface area contributed by atoms with Crippen LogP contribution >= 0.6 is 0 Å². The Morgan fingerprint density at radius 3 is 2.30 bits per heavy atom. The van der Waals surface area contributed by atoms with Crippen molar-refractivity contribution < 1.29 is 23.9 Å². The first-order valence-electron chi connectivity index (χ1n) is 11.5. The van der Waals surface area contributed by atoms with Crippen molar-refractivity contribution >= 4 is 35.1 Å². The lowest BCUT2D eigenvalue weighted by Crippen LogP contribution is -2.30. The van der Waals surface area contributed by atoms with Crippen LogP contribution in [-0.2, 0) is 19.2 Å². The van der Waals surface area contributed by atoms with Gasteiger partial charge in [-0.2, -0.15) is 0 Å². The average Bonchev–Trinajstić information content (AvgIpc) is 3.32. The number of fused-ring (bicyclic) bond motifs is 1. The summed E-state index contributed by atoms with van der Waals surface area (Å²) < 4.78 is 5.50. The number of carbonyl (C=O) groups excluding carboxylic acids is 4. The van der Waals surface area contributed by atoms with Crippen LogP contribution in [0.25, 0.3) is 0 Å². The molecular weight excluding hydrogens is 420 g/mol. The number of nitrogens with zero attached hydrogens (tertiary/aromatic N) is 2. The van der Waals surface area contributed by atoms with E-state index in [1.807, 2.05) is 30.3 Å². The highest BCUT2D eigenvalue weighted by Crippen LogP contribution is 2.42. The molecule has 1 saturated carbocycles. The van der Waals surface area contributed by atoms with Crippen molar-refractivity contribution in [2.24, 2.45) is 23.7 Å². The minimum Gasteiger partial charge on any atom is -0.426 e. The van der Waals surface area contributed by atoms with Gasteiger partial charge in [-0.3, -0.25) is 24.1 Å². The minimum absolute atomic E-state index is 0.101. The SMILES string of the molecule is C[C@@H]1CC[C@@H]2C(=O)N(c3ccc(OC(=O)[C@H]4CC(=O)N(c5ccccc5)C4)cc3)C(=O)[C@H]2C1. The predicted octanol–water partition coefficient (Wildman–Crippen LogP) is 3.57. The molecule has 2 aliphatic heterocycles. The second-order valence-corrected chi connectivity index (χ2v) is 9.30. The van der Waals surface area contributed by atoms with Crippen molar-refractivity contribution in [2.45, 2.75) is 32.6 Å². The van der Waals surface area contributed by atoms with E-state index in [0.717, 1.165) is 24.9 Å². The smallest absolute Gasteiger partial charge is 0.316 e. The Hall–Kier alpha value is -3.48. The summed E-state index contributed by atoms with van der Waals surface area (Å²) in [5.41, 5.74) is 1.26. The highest BCUT2D eigenvalue weighted by atomic mass is 16.5. The van der Waals surface area contributed by atoms with Crippen LogP contribution in [0.15, 0.2) is 54.6 Å². The lowest BCUT2D eigenvalue weighted by atomic mass is 9.76. The Morgan fingerprint density at radius 1 is 0.879 bits per heavy atom. The molecule has 4 atom stereocenters. The minimum atomic E-state index is -0.552. The summed E-state index contributed by atoms with van der Waals surface area (Å²) in [7, 11) is 0. The van der Waals surface area contributed by atoms with Gasteiger partial charge in [0, 0.05) is 18.7 Å². The lowest BCUT2D eigenvalue weighted by Gasteiger charge is -2.25. The molecule has 0 bridgehead atoms. The molecule has 2 aromatic carbocycles. The zero-order chi connectivity index (χ0) is 23.1. The van der Waals surface area contributed by atoms with Crippen LogP contribution < -0.4 is 14.5 Å². The van der Waals surface area contributed by atoms with E-state index in [1.165, 1.54) is 4.90 Å². The molecular formula is C26H26N2O5. The number of para-hydroxylation sites is 1. The van der Waals surface area contributed by atoms with Crippen molar-refractivity contribution in [1.82, 2.24) is 0 Å². The fourth-order valence-electron chi connectivity index (χ4n) is 5.23. The number of imide groups is 1. The van der Waals surface area contributed by atoms with Crippen LogP contribution in [-0.4, -0.2) is 30.2 Å². The molecule has 7 heteroatoms. The van der Waals surface area contributed by atoms with Crippen LogP contribution in [0.5, 0.6) is 5.75 Å². The van der Waals surface area contributed by atoms with Gasteiger partial charge in [-0.05, 0) is 61.6 Å². The van der Waals surface area contributed by atoms with Crippen LogP contribution in [0, 0.1) is 23.7 Å². The van der Waals surface area contributed by atoms with Gasteiger partial charge in [-0.1, -0.05) is 25.1 Å². The van der Waals surface area contributed by atoms with Gasteiger partial charge in [0.2, 0.25) is 17.7 Å². The van der Waals surface area contributed by atoms with Gasteiger partial charge in [0.1, 0.15) is 5.75 Å². The Bertz CT molecular complexity index is 1100. The third kappa shape index (κ3) is 3.92. The number of anilines is 2. The van der Waals surface area contributed by atoms with Crippen molar-refractivity contribution in [1.29, 1.82) is 0 Å². The van der Waals surface area contributed by atoms with Gasteiger partial charge in [0.25, 0.3) is 0 Å². The third-order valence-corrected chi connectivity index (χ3v) is 7.03. The molecule has 0 unspecified atom stereocenters. The molecule has 0 aromatic heterocycles. The molecule has 5 rings (SSSR count). The van der Waals surface area contributed by atoms with Crippen LogP contribution in [0.2, 0.25) is 0 Å². The maximum atomic E-state index is 12.9. The molecule has 2 saturated heterocycles. The highest BCUT2D eigenvalue weighted by molar-refractivity contribution is 6.22. The molecule has 7 nitrogen and oxygen atoms in total. The van der Waals surface area contributed by atoms with Crippen LogP contribution in [0.1, 0.15) is 32.6 Å². The number of hydrogen-bond acceptors (Lipinski definition) is 5. The Labute approximate surface area is 192 Å². The standard InChI is InChI=1S/C26H26N2O5/c1-16-7-12-21-22(13-16)25(31)28(24(21)30)19-8-10-20(11-9-19)33-26(32)17-14-23(29)27(15-17)18-5-3-2-4-6-18/h2-6,8-11,16-17,21-22H,7,12-15H2,1H3/t16-,17+,21+,22+/m1/s1. The summed E-state index contributed by atoms with van der Waals surface area (Å²) in [5.74, 6) is -1.08. The van der Waals surface area contributed by atoms with Gasteiger partial charge in [-0.15, -0.1) is 0 Å². The number of rotatable bonds is 4. The van der Waals surface area contributed by atoms with Gasteiger partial charge < -0.3 is 9.64 Å². The summed E-state index contributed by atoms with van der Waals surface area (Å²) in [5, 5.41) is 0. The number of ether oxygens (including phenoxy) is 1. The lowest BCUT2D eigenvalue weighted by molar-refractivity contribution is -0.139. The van der Waals surface area contributed by atoms with E-state index in [-0.39, 0.29) is 42.5 Å². The molecule has 2 aromatic rings. The summed E-state index contributed by atoms with van der Waals surface area (Å²) in [4.78, 5) is 53.7. The molecule has 0 spiro atoms. The molecule has 33 heavy (non-hydrogen) atoms. The van der Waals surface area contributed by atoms with Gasteiger partial charge in [0.15, 0.2) is 0 Å². The van der Waals surface area contributed by atoms with Crippen molar-refractivity contribution in [3.05, 3.63) is 54.6 Å². The van der Waals surface area contributed by atoms with Crippen LogP contribution in [0.4, 0.5) is 11.4 Å². The molecule has 1 aliphatic carbocycles. The first kappa shape index (κ1) is 21.4. The zero-order valence-corrected chi connectivity index (χ0v) is 18.5. The predicted molar refractivity (Wildman–Crippen MR) is 121 cm³/mol. The maximum Gasteiger partial charge on any atom is 0.316 e. The summed E-state index contributed by atoms with van der Waals surface area (Å²) in [6.07, 6.45) is 2.57. The van der Waals surface area contributed by atoms with Gasteiger partial charge in [0.05, 0.1) is 23.4 Å². The molecule has 3 aliphatic rings. The number of esters is 1. The number of benzene rings is 2. The molecule has 0 radical (unpaired) electrons. The second-order valence-electron chi connectivity index (χ2n) is 9.30. The van der Waals surface area contributed by atoms with E-state index in [4.69, 9.17) is 4.74 Å². The van der Waals surface area contributed by atoms with E-state index in [9.17, 15) is 19.2 Å². The van der Waals surface area contributed by atoms with Crippen molar-refractivity contribution in [3.8, 4) is 5.75 Å². The fourth-order valence-corrected chi connectivity index (χ4v) is 5.23. The number of amides is 3. The Morgan fingerprint density at radius 2 is 1.58 bits per heavy atom. The first-order valence-corrected chi connectivity index (χ1v) is 11.5. The molecule has 3 fully saturated rings. The normalized spacial score (nSPS) is 27.1. The summed E-state index contributed by atoms with van der Waals surface area (Å²) in [6.45, 7) is 2.40. The van der Waals surface area contributed by atoms with Gasteiger partial charge >= 0.3 is 5.97 Å². The fraction of sp³-hybridized carbons (Fsp3) is 0.385. The third-order valence-electron chi connectivity index (χ3n) is 7.03.